The Labute approximate surface area is 124 Å². The second-order valence-corrected chi connectivity index (χ2v) is 6.51. The maximum Gasteiger partial charge on any atom is 0.242 e. The fourth-order valence-electron chi connectivity index (χ4n) is 2.11. The normalized spacial score (nSPS) is 11.5. The van der Waals surface area contributed by atoms with Crippen molar-refractivity contribution in [2.24, 2.45) is 0 Å². The highest BCUT2D eigenvalue weighted by atomic mass is 32.2. The lowest BCUT2D eigenvalue weighted by molar-refractivity contribution is 0.475. The Morgan fingerprint density at radius 2 is 1.81 bits per heavy atom. The first-order valence-corrected chi connectivity index (χ1v) is 8.01. The van der Waals surface area contributed by atoms with Crippen LogP contribution in [0.25, 0.3) is 0 Å². The van der Waals surface area contributed by atoms with Gasteiger partial charge in [-0.05, 0) is 42.7 Å². The van der Waals surface area contributed by atoms with E-state index in [1.165, 1.54) is 0 Å². The van der Waals surface area contributed by atoms with Crippen LogP contribution in [0.4, 0.5) is 5.69 Å². The zero-order valence-electron chi connectivity index (χ0n) is 11.7. The Bertz CT molecular complexity index is 705. The second-order valence-electron chi connectivity index (χ2n) is 4.81. The summed E-state index contributed by atoms with van der Waals surface area (Å²) in [6.45, 7) is 1.98. The van der Waals surface area contributed by atoms with Crippen molar-refractivity contribution in [3.05, 3.63) is 53.6 Å². The van der Waals surface area contributed by atoms with Gasteiger partial charge in [-0.15, -0.1) is 0 Å². The summed E-state index contributed by atoms with van der Waals surface area (Å²) < 4.78 is 27.1. The summed E-state index contributed by atoms with van der Waals surface area (Å²) in [5.74, 6) is 0.187. The molecule has 4 N–H and O–H groups in total. The predicted molar refractivity (Wildman–Crippen MR) is 82.6 cm³/mol. The van der Waals surface area contributed by atoms with Gasteiger partial charge in [-0.2, -0.15) is 0 Å². The van der Waals surface area contributed by atoms with Gasteiger partial charge >= 0.3 is 0 Å². The first-order chi connectivity index (χ1) is 9.90. The quantitative estimate of drug-likeness (QED) is 0.734. The third-order valence-electron chi connectivity index (χ3n) is 3.15. The van der Waals surface area contributed by atoms with Crippen molar-refractivity contribution in [1.29, 1.82) is 0 Å². The number of aryl methyl sites for hydroxylation is 1. The molecule has 0 aliphatic carbocycles. The Morgan fingerprint density at radius 3 is 2.43 bits per heavy atom. The molecule has 0 amide bonds. The van der Waals surface area contributed by atoms with Crippen molar-refractivity contribution < 1.29 is 13.5 Å². The molecule has 0 aliphatic rings. The van der Waals surface area contributed by atoms with Gasteiger partial charge in [0.1, 0.15) is 10.6 Å². The Hall–Kier alpha value is -2.05. The molecule has 2 rings (SSSR count). The highest BCUT2D eigenvalue weighted by molar-refractivity contribution is 7.89. The van der Waals surface area contributed by atoms with Gasteiger partial charge in [-0.25, -0.2) is 13.1 Å². The Balaban J connectivity index is 2.07. The molecule has 0 bridgehead atoms. The predicted octanol–water partition coefficient (Wildman–Crippen LogP) is 1.80. The largest absolute Gasteiger partial charge is 0.508 e. The molecule has 2 aromatic rings. The van der Waals surface area contributed by atoms with E-state index in [0.717, 1.165) is 5.56 Å². The standard InChI is InChI=1S/C15H18N2O3S/c1-11-3-2-4-14(16)15(11)21(19,20)17-10-9-12-5-7-13(18)8-6-12/h2-8,17-18H,9-10,16H2,1H3. The number of sulfonamides is 1. The number of phenolic OH excluding ortho intramolecular Hbond substituents is 1. The maximum atomic E-state index is 12.3. The molecule has 5 nitrogen and oxygen atoms in total. The molecule has 0 unspecified atom stereocenters. The van der Waals surface area contributed by atoms with E-state index in [1.807, 2.05) is 0 Å². The minimum absolute atomic E-state index is 0.135. The highest BCUT2D eigenvalue weighted by Crippen LogP contribution is 2.21. The van der Waals surface area contributed by atoms with E-state index < -0.39 is 10.0 Å². The molecule has 0 heterocycles. The summed E-state index contributed by atoms with van der Waals surface area (Å²) in [5, 5.41) is 9.20. The number of phenols is 1. The number of aromatic hydroxyl groups is 1. The Morgan fingerprint density at radius 1 is 1.14 bits per heavy atom. The van der Waals surface area contributed by atoms with Crippen LogP contribution in [-0.2, 0) is 16.4 Å². The van der Waals surface area contributed by atoms with Crippen LogP contribution in [0.5, 0.6) is 5.75 Å². The molecular weight excluding hydrogens is 288 g/mol. The first kappa shape index (κ1) is 15.3. The molecule has 0 fully saturated rings. The average Bonchev–Trinajstić information content (AvgIpc) is 2.40. The SMILES string of the molecule is Cc1cccc(N)c1S(=O)(=O)NCCc1ccc(O)cc1. The zero-order chi connectivity index (χ0) is 15.5. The van der Waals surface area contributed by atoms with Crippen molar-refractivity contribution in [3.8, 4) is 5.75 Å². The van der Waals surface area contributed by atoms with Crippen LogP contribution < -0.4 is 10.5 Å². The van der Waals surface area contributed by atoms with Crippen LogP contribution in [0, 0.1) is 6.92 Å². The highest BCUT2D eigenvalue weighted by Gasteiger charge is 2.19. The number of nitrogens with one attached hydrogen (secondary N) is 1. The minimum Gasteiger partial charge on any atom is -0.508 e. The van der Waals surface area contributed by atoms with Crippen LogP contribution in [0.2, 0.25) is 0 Å². The molecule has 0 radical (unpaired) electrons. The molecule has 0 aromatic heterocycles. The third kappa shape index (κ3) is 3.74. The van der Waals surface area contributed by atoms with Crippen molar-refractivity contribution in [1.82, 2.24) is 4.72 Å². The van der Waals surface area contributed by atoms with E-state index in [9.17, 15) is 13.5 Å². The molecule has 0 spiro atoms. The van der Waals surface area contributed by atoms with E-state index in [2.05, 4.69) is 4.72 Å². The fourth-order valence-corrected chi connectivity index (χ4v) is 3.49. The summed E-state index contributed by atoms with van der Waals surface area (Å²) in [4.78, 5) is 0.135. The molecule has 112 valence electrons. The van der Waals surface area contributed by atoms with E-state index in [1.54, 1.807) is 49.4 Å². The van der Waals surface area contributed by atoms with Gasteiger partial charge < -0.3 is 10.8 Å². The van der Waals surface area contributed by atoms with Crippen LogP contribution >= 0.6 is 0 Å². The summed E-state index contributed by atoms with van der Waals surface area (Å²) in [6, 6.07) is 11.7. The number of hydrogen-bond donors (Lipinski definition) is 3. The number of hydrogen-bond acceptors (Lipinski definition) is 4. The van der Waals surface area contributed by atoms with Gasteiger partial charge in [-0.3, -0.25) is 0 Å². The summed E-state index contributed by atoms with van der Waals surface area (Å²) >= 11 is 0. The minimum atomic E-state index is -3.62. The molecule has 0 atom stereocenters. The molecular formula is C15H18N2O3S. The monoisotopic (exact) mass is 306 g/mol. The van der Waals surface area contributed by atoms with Gasteiger partial charge in [0.25, 0.3) is 0 Å². The number of nitrogen functional groups attached to an aromatic ring is 1. The third-order valence-corrected chi connectivity index (χ3v) is 4.83. The maximum absolute atomic E-state index is 12.3. The lowest BCUT2D eigenvalue weighted by atomic mass is 10.1. The molecule has 0 aliphatic heterocycles. The topological polar surface area (TPSA) is 92.4 Å². The van der Waals surface area contributed by atoms with Crippen molar-refractivity contribution in [3.63, 3.8) is 0 Å². The fraction of sp³-hybridized carbons (Fsp3) is 0.200. The van der Waals surface area contributed by atoms with Crippen molar-refractivity contribution >= 4 is 15.7 Å². The van der Waals surface area contributed by atoms with Crippen molar-refractivity contribution in [2.75, 3.05) is 12.3 Å². The van der Waals surface area contributed by atoms with E-state index in [-0.39, 0.29) is 22.9 Å². The summed E-state index contributed by atoms with van der Waals surface area (Å²) in [5.41, 5.74) is 7.56. The lowest BCUT2D eigenvalue weighted by Crippen LogP contribution is -2.27. The molecule has 2 aromatic carbocycles. The van der Waals surface area contributed by atoms with Crippen molar-refractivity contribution in [2.45, 2.75) is 18.2 Å². The zero-order valence-corrected chi connectivity index (χ0v) is 12.5. The number of nitrogens with two attached hydrogens (primary N) is 1. The van der Waals surface area contributed by atoms with E-state index >= 15 is 0 Å². The van der Waals surface area contributed by atoms with Gasteiger partial charge in [0.05, 0.1) is 5.69 Å². The molecule has 6 heteroatoms. The smallest absolute Gasteiger partial charge is 0.242 e. The lowest BCUT2D eigenvalue weighted by Gasteiger charge is -2.11. The number of anilines is 1. The summed E-state index contributed by atoms with van der Waals surface area (Å²) in [7, 11) is -3.62. The van der Waals surface area contributed by atoms with Gasteiger partial charge in [0, 0.05) is 6.54 Å². The number of rotatable bonds is 5. The van der Waals surface area contributed by atoms with E-state index in [0.29, 0.717) is 12.0 Å². The van der Waals surface area contributed by atoms with Crippen LogP contribution in [0.15, 0.2) is 47.4 Å². The first-order valence-electron chi connectivity index (χ1n) is 6.53. The van der Waals surface area contributed by atoms with Gasteiger partial charge in [0.15, 0.2) is 0 Å². The molecule has 21 heavy (non-hydrogen) atoms. The van der Waals surface area contributed by atoms with E-state index in [4.69, 9.17) is 5.73 Å². The second kappa shape index (κ2) is 6.15. The van der Waals surface area contributed by atoms with Gasteiger partial charge in [0.2, 0.25) is 10.0 Å². The average molecular weight is 306 g/mol. The van der Waals surface area contributed by atoms with Crippen LogP contribution in [0.1, 0.15) is 11.1 Å². The number of benzene rings is 2. The van der Waals surface area contributed by atoms with Gasteiger partial charge in [-0.1, -0.05) is 24.3 Å². The Kier molecular flexibility index (Phi) is 4.50. The summed E-state index contributed by atoms with van der Waals surface area (Å²) in [6.07, 6.45) is 0.533. The molecule has 0 saturated heterocycles. The molecule has 0 saturated carbocycles. The van der Waals surface area contributed by atoms with Crippen LogP contribution in [0.3, 0.4) is 0 Å². The van der Waals surface area contributed by atoms with Crippen LogP contribution in [-0.4, -0.2) is 20.1 Å².